The Bertz CT molecular complexity index is 776. The maximum atomic E-state index is 12.4. The molecule has 0 aromatic heterocycles. The molecule has 0 aliphatic carbocycles. The molecule has 2 N–H and O–H groups in total. The van der Waals surface area contributed by atoms with Gasteiger partial charge in [0.05, 0.1) is 15.7 Å². The first-order chi connectivity index (χ1) is 12.1. The number of nitrogens with zero attached hydrogens (tertiary/aromatic N) is 2. The van der Waals surface area contributed by atoms with Crippen molar-refractivity contribution in [2.75, 3.05) is 24.6 Å². The number of thiocarbonyl (C=S) groups is 1. The third-order valence-electron chi connectivity index (χ3n) is 3.70. The summed E-state index contributed by atoms with van der Waals surface area (Å²) in [7, 11) is -3.97. The van der Waals surface area contributed by atoms with Crippen LogP contribution in [0.3, 0.4) is 0 Å². The van der Waals surface area contributed by atoms with Crippen molar-refractivity contribution in [2.45, 2.75) is 19.4 Å². The molecule has 12 heteroatoms. The van der Waals surface area contributed by atoms with Crippen molar-refractivity contribution >= 4 is 62.1 Å². The van der Waals surface area contributed by atoms with Gasteiger partial charge in [0, 0.05) is 18.8 Å². The van der Waals surface area contributed by atoms with E-state index in [1.165, 1.54) is 6.92 Å². The van der Waals surface area contributed by atoms with Crippen LogP contribution < -0.4 is 0 Å². The van der Waals surface area contributed by atoms with Crippen LogP contribution in [0.1, 0.15) is 13.3 Å². The van der Waals surface area contributed by atoms with Gasteiger partial charge in [-0.3, -0.25) is 14.2 Å². The van der Waals surface area contributed by atoms with Crippen molar-refractivity contribution in [3.8, 4) is 0 Å². The van der Waals surface area contributed by atoms with E-state index >= 15 is 0 Å². The van der Waals surface area contributed by atoms with Crippen LogP contribution in [0, 0.1) is 0 Å². The molecule has 0 bridgehead atoms. The van der Waals surface area contributed by atoms with E-state index in [1.54, 1.807) is 23.9 Å². The molecule has 2 saturated heterocycles. The van der Waals surface area contributed by atoms with Crippen molar-refractivity contribution in [3.05, 3.63) is 22.1 Å². The highest BCUT2D eigenvalue weighted by atomic mass is 32.2. The Labute approximate surface area is 165 Å². The Kier molecular flexibility index (Phi) is 7.13. The highest BCUT2D eigenvalue weighted by Gasteiger charge is 2.38. The molecular weight excluding hydrogens is 420 g/mol. The monoisotopic (exact) mass is 438 g/mol. The zero-order valence-electron chi connectivity index (χ0n) is 13.8. The summed E-state index contributed by atoms with van der Waals surface area (Å²) in [5, 5.41) is 9.96. The van der Waals surface area contributed by atoms with Gasteiger partial charge in [0.1, 0.15) is 10.4 Å². The van der Waals surface area contributed by atoms with Crippen molar-refractivity contribution in [3.63, 3.8) is 0 Å². The first-order valence-electron chi connectivity index (χ1n) is 7.63. The number of allylic oxidation sites excluding steroid dienone is 2. The zero-order valence-corrected chi connectivity index (χ0v) is 17.1. The predicted molar refractivity (Wildman–Crippen MR) is 105 cm³/mol. The minimum atomic E-state index is -3.97. The number of amides is 1. The van der Waals surface area contributed by atoms with Gasteiger partial charge in [-0.1, -0.05) is 24.0 Å². The normalized spacial score (nSPS) is 22.7. The van der Waals surface area contributed by atoms with Gasteiger partial charge in [-0.05, 0) is 25.5 Å². The summed E-state index contributed by atoms with van der Waals surface area (Å²) in [6.07, 6.45) is 3.66. The van der Waals surface area contributed by atoms with Crippen molar-refractivity contribution in [2.24, 2.45) is 0 Å². The number of rotatable bonds is 7. The summed E-state index contributed by atoms with van der Waals surface area (Å²) < 4.78 is 30.6. The van der Waals surface area contributed by atoms with Gasteiger partial charge in [0.2, 0.25) is 0 Å². The van der Waals surface area contributed by atoms with Crippen LogP contribution in [0.2, 0.25) is 0 Å². The number of carboxylic acid groups (broad SMARTS) is 1. The SMILES string of the molecule is CC(C(=O)O)N1C(=O)C(=CC=C2SCCN2CCCS(=O)(=O)O)SC1=S. The van der Waals surface area contributed by atoms with Crippen molar-refractivity contribution < 1.29 is 27.7 Å². The molecule has 2 heterocycles. The molecule has 0 aromatic carbocycles. The minimum Gasteiger partial charge on any atom is -0.480 e. The zero-order chi connectivity index (χ0) is 19.5. The highest BCUT2D eigenvalue weighted by molar-refractivity contribution is 8.26. The van der Waals surface area contributed by atoms with E-state index in [0.29, 0.717) is 17.9 Å². The fourth-order valence-electron chi connectivity index (χ4n) is 2.36. The first kappa shape index (κ1) is 21.2. The van der Waals surface area contributed by atoms with Crippen LogP contribution in [0.15, 0.2) is 22.1 Å². The Morgan fingerprint density at radius 2 is 2.12 bits per heavy atom. The third-order valence-corrected chi connectivity index (χ3v) is 6.93. The van der Waals surface area contributed by atoms with Gasteiger partial charge in [-0.25, -0.2) is 4.79 Å². The Morgan fingerprint density at radius 3 is 2.73 bits per heavy atom. The highest BCUT2D eigenvalue weighted by Crippen LogP contribution is 2.34. The summed E-state index contributed by atoms with van der Waals surface area (Å²) >= 11 is 7.73. The summed E-state index contributed by atoms with van der Waals surface area (Å²) in [5.41, 5.74) is 0. The number of carbonyl (C=O) groups excluding carboxylic acids is 1. The molecule has 0 aromatic rings. The molecule has 144 valence electrons. The molecule has 2 rings (SSSR count). The predicted octanol–water partition coefficient (Wildman–Crippen LogP) is 1.37. The maximum Gasteiger partial charge on any atom is 0.326 e. The van der Waals surface area contributed by atoms with Crippen LogP contribution in [-0.4, -0.2) is 74.7 Å². The number of thioether (sulfide) groups is 2. The quantitative estimate of drug-likeness (QED) is 0.343. The molecule has 2 aliphatic heterocycles. The number of carbonyl (C=O) groups is 2. The van der Waals surface area contributed by atoms with E-state index in [9.17, 15) is 18.0 Å². The molecule has 0 radical (unpaired) electrons. The second kappa shape index (κ2) is 8.74. The van der Waals surface area contributed by atoms with E-state index in [0.717, 1.165) is 34.0 Å². The van der Waals surface area contributed by atoms with Crippen LogP contribution in [0.4, 0.5) is 0 Å². The van der Waals surface area contributed by atoms with E-state index in [4.69, 9.17) is 21.9 Å². The second-order valence-corrected chi connectivity index (χ2v) is 9.93. The topological polar surface area (TPSA) is 115 Å². The molecule has 2 aliphatic rings. The fourth-order valence-corrected chi connectivity index (χ4v) is 5.26. The molecule has 1 atom stereocenters. The van der Waals surface area contributed by atoms with Gasteiger partial charge in [-0.2, -0.15) is 8.42 Å². The first-order valence-corrected chi connectivity index (χ1v) is 11.4. The number of aliphatic carboxylic acids is 1. The van der Waals surface area contributed by atoms with E-state index < -0.39 is 28.0 Å². The summed E-state index contributed by atoms with van der Waals surface area (Å²) in [6.45, 7) is 2.62. The molecule has 26 heavy (non-hydrogen) atoms. The molecule has 0 saturated carbocycles. The van der Waals surface area contributed by atoms with Gasteiger partial charge in [-0.15, -0.1) is 11.8 Å². The van der Waals surface area contributed by atoms with Crippen molar-refractivity contribution in [1.82, 2.24) is 9.80 Å². The maximum absolute atomic E-state index is 12.4. The average Bonchev–Trinajstić information content (AvgIpc) is 3.07. The van der Waals surface area contributed by atoms with E-state index in [1.807, 2.05) is 4.90 Å². The smallest absolute Gasteiger partial charge is 0.326 e. The molecule has 1 unspecified atom stereocenters. The van der Waals surface area contributed by atoms with Crippen LogP contribution in [0.25, 0.3) is 0 Å². The van der Waals surface area contributed by atoms with Crippen LogP contribution >= 0.6 is 35.7 Å². The lowest BCUT2D eigenvalue weighted by Gasteiger charge is -2.19. The average molecular weight is 439 g/mol. The molecule has 1 amide bonds. The molecule has 8 nitrogen and oxygen atoms in total. The van der Waals surface area contributed by atoms with Crippen molar-refractivity contribution in [1.29, 1.82) is 0 Å². The number of carboxylic acids is 1. The van der Waals surface area contributed by atoms with Gasteiger partial charge >= 0.3 is 5.97 Å². The summed E-state index contributed by atoms with van der Waals surface area (Å²) in [6, 6.07) is -1.03. The molecular formula is C14H18N2O6S4. The minimum absolute atomic E-state index is 0.207. The van der Waals surface area contributed by atoms with Gasteiger partial charge < -0.3 is 10.0 Å². The van der Waals surface area contributed by atoms with E-state index in [2.05, 4.69) is 0 Å². The lowest BCUT2D eigenvalue weighted by molar-refractivity contribution is -0.144. The van der Waals surface area contributed by atoms with Crippen LogP contribution in [-0.2, 0) is 19.7 Å². The van der Waals surface area contributed by atoms with Gasteiger partial charge in [0.15, 0.2) is 0 Å². The molecule has 0 spiro atoms. The summed E-state index contributed by atoms with van der Waals surface area (Å²) in [4.78, 5) is 26.9. The van der Waals surface area contributed by atoms with E-state index in [-0.39, 0.29) is 10.1 Å². The second-order valence-electron chi connectivity index (χ2n) is 5.57. The largest absolute Gasteiger partial charge is 0.480 e. The lowest BCUT2D eigenvalue weighted by Crippen LogP contribution is -2.41. The number of hydrogen-bond acceptors (Lipinski definition) is 8. The molecule has 2 fully saturated rings. The van der Waals surface area contributed by atoms with Crippen LogP contribution in [0.5, 0.6) is 0 Å². The summed E-state index contributed by atoms with van der Waals surface area (Å²) in [5.74, 6) is -1.03. The lowest BCUT2D eigenvalue weighted by atomic mass is 10.3. The Balaban J connectivity index is 2.05. The number of hydrogen-bond donors (Lipinski definition) is 2. The Morgan fingerprint density at radius 1 is 1.42 bits per heavy atom. The standard InChI is InChI=1S/C14H18N2O6S4/c1-9(13(18)19)16-12(17)10(25-14(16)23)3-4-11-15(6-7-24-11)5-2-8-26(20,21)22/h3-4,9H,2,5-8H2,1H3,(H,18,19)(H,20,21,22). The third kappa shape index (κ3) is 5.46. The fraction of sp³-hybridized carbons (Fsp3) is 0.500. The van der Waals surface area contributed by atoms with Gasteiger partial charge in [0.25, 0.3) is 16.0 Å². The Hall–Kier alpha value is -1.08.